The predicted molar refractivity (Wildman–Crippen MR) is 141 cm³/mol. The van der Waals surface area contributed by atoms with Crippen LogP contribution in [0.25, 0.3) is 33.4 Å². The molecule has 0 aliphatic heterocycles. The average Bonchev–Trinajstić information content (AvgIpc) is 2.84. The second-order valence-corrected chi connectivity index (χ2v) is 9.54. The summed E-state index contributed by atoms with van der Waals surface area (Å²) >= 11 is 1.52. The minimum Gasteiger partial charge on any atom is -0.301 e. The lowest BCUT2D eigenvalue weighted by Gasteiger charge is -2.11. The number of hydrogen-bond donors (Lipinski definition) is 1. The summed E-state index contributed by atoms with van der Waals surface area (Å²) in [6, 6.07) is 26.7. The van der Waals surface area contributed by atoms with Gasteiger partial charge < -0.3 is 4.98 Å². The molecule has 3 aromatic carbocycles. The van der Waals surface area contributed by atoms with Gasteiger partial charge in [0.05, 0.1) is 11.1 Å². The van der Waals surface area contributed by atoms with E-state index < -0.39 is 0 Å². The van der Waals surface area contributed by atoms with Crippen LogP contribution in [0.15, 0.2) is 88.8 Å². The minimum absolute atomic E-state index is 0.171. The molecule has 0 aliphatic rings. The van der Waals surface area contributed by atoms with E-state index in [1.165, 1.54) is 34.0 Å². The molecule has 0 radical (unpaired) electrons. The first-order chi connectivity index (χ1) is 16.5. The van der Waals surface area contributed by atoms with Crippen LogP contribution in [0.5, 0.6) is 0 Å². The SMILES string of the molecule is Cc1ccc(-c2cc(-c3ccc(C)cc3)c3c(=O)[nH]c(SCc4ccccc4C)nc3n2)cc1. The number of H-pyrrole nitrogens is 1. The monoisotopic (exact) mass is 463 g/mol. The van der Waals surface area contributed by atoms with Crippen LogP contribution in [0.2, 0.25) is 0 Å². The number of aromatic amines is 1. The van der Waals surface area contributed by atoms with E-state index in [2.05, 4.69) is 74.3 Å². The summed E-state index contributed by atoms with van der Waals surface area (Å²) in [5, 5.41) is 1.09. The van der Waals surface area contributed by atoms with E-state index >= 15 is 0 Å². The lowest BCUT2D eigenvalue weighted by atomic mass is 9.99. The number of nitrogens with zero attached hydrogens (tertiary/aromatic N) is 2. The van der Waals surface area contributed by atoms with Crippen molar-refractivity contribution in [1.82, 2.24) is 15.0 Å². The fraction of sp³-hybridized carbons (Fsp3) is 0.138. The van der Waals surface area contributed by atoms with Crippen molar-refractivity contribution >= 4 is 22.8 Å². The van der Waals surface area contributed by atoms with Gasteiger partial charge >= 0.3 is 0 Å². The lowest BCUT2D eigenvalue weighted by Crippen LogP contribution is -2.12. The van der Waals surface area contributed by atoms with E-state index in [1.807, 2.05) is 30.3 Å². The van der Waals surface area contributed by atoms with Crippen LogP contribution in [-0.2, 0) is 5.75 Å². The van der Waals surface area contributed by atoms with Crippen molar-refractivity contribution in [1.29, 1.82) is 0 Å². The largest absolute Gasteiger partial charge is 0.301 e. The topological polar surface area (TPSA) is 58.6 Å². The Morgan fingerprint density at radius 1 is 0.794 bits per heavy atom. The molecule has 0 aliphatic carbocycles. The van der Waals surface area contributed by atoms with Crippen molar-refractivity contribution in [2.75, 3.05) is 0 Å². The van der Waals surface area contributed by atoms with Crippen LogP contribution in [0.3, 0.4) is 0 Å². The molecule has 0 unspecified atom stereocenters. The van der Waals surface area contributed by atoms with Crippen molar-refractivity contribution < 1.29 is 0 Å². The summed E-state index contributed by atoms with van der Waals surface area (Å²) in [4.78, 5) is 25.9. The number of aryl methyl sites for hydroxylation is 3. The van der Waals surface area contributed by atoms with Gasteiger partial charge in [-0.05, 0) is 43.5 Å². The summed E-state index contributed by atoms with van der Waals surface area (Å²) < 4.78 is 0. The molecule has 5 heteroatoms. The Balaban J connectivity index is 1.65. The molecule has 0 bridgehead atoms. The van der Waals surface area contributed by atoms with Crippen molar-refractivity contribution in [3.8, 4) is 22.4 Å². The number of hydrogen-bond acceptors (Lipinski definition) is 4. The normalized spacial score (nSPS) is 11.1. The Bertz CT molecular complexity index is 1540. The van der Waals surface area contributed by atoms with Crippen molar-refractivity contribution in [3.63, 3.8) is 0 Å². The molecule has 168 valence electrons. The summed E-state index contributed by atoms with van der Waals surface area (Å²) in [5.74, 6) is 0.726. The Hall–Kier alpha value is -3.70. The first-order valence-electron chi connectivity index (χ1n) is 11.2. The van der Waals surface area contributed by atoms with Crippen molar-refractivity contribution in [3.05, 3.63) is 111 Å². The van der Waals surface area contributed by atoms with Crippen molar-refractivity contribution in [2.24, 2.45) is 0 Å². The van der Waals surface area contributed by atoms with Crippen LogP contribution >= 0.6 is 11.8 Å². The maximum Gasteiger partial charge on any atom is 0.261 e. The number of rotatable bonds is 5. The minimum atomic E-state index is -0.171. The van der Waals surface area contributed by atoms with Crippen LogP contribution in [0, 0.1) is 20.8 Å². The standard InChI is InChI=1S/C29H25N3OS/c1-18-8-12-21(13-9-18)24-16-25(22-14-10-19(2)11-15-22)30-27-26(24)28(33)32-29(31-27)34-17-23-7-5-4-6-20(23)3/h4-16H,17H2,1-3H3,(H,30,31,32,33). The molecule has 5 rings (SSSR count). The Kier molecular flexibility index (Phi) is 6.03. The first kappa shape index (κ1) is 22.1. The molecule has 1 N–H and O–H groups in total. The van der Waals surface area contributed by atoms with Gasteiger partial charge in [-0.2, -0.15) is 0 Å². The number of aromatic nitrogens is 3. The van der Waals surface area contributed by atoms with Gasteiger partial charge in [-0.3, -0.25) is 4.79 Å². The van der Waals surface area contributed by atoms with Gasteiger partial charge in [-0.1, -0.05) is 95.7 Å². The molecule has 0 saturated carbocycles. The average molecular weight is 464 g/mol. The van der Waals surface area contributed by atoms with Crippen LogP contribution in [0.4, 0.5) is 0 Å². The van der Waals surface area contributed by atoms with E-state index in [4.69, 9.17) is 9.97 Å². The molecule has 0 saturated heterocycles. The molecule has 0 atom stereocenters. The Labute approximate surface area is 203 Å². The van der Waals surface area contributed by atoms with Crippen LogP contribution in [0.1, 0.15) is 22.3 Å². The first-order valence-corrected chi connectivity index (χ1v) is 12.2. The van der Waals surface area contributed by atoms with Gasteiger partial charge in [-0.25, -0.2) is 9.97 Å². The maximum atomic E-state index is 13.3. The van der Waals surface area contributed by atoms with E-state index in [1.54, 1.807) is 0 Å². The smallest absolute Gasteiger partial charge is 0.261 e. The Morgan fingerprint density at radius 2 is 1.44 bits per heavy atom. The summed E-state index contributed by atoms with van der Waals surface area (Å²) in [6.07, 6.45) is 0. The number of nitrogens with one attached hydrogen (secondary N) is 1. The number of thioether (sulfide) groups is 1. The number of pyridine rings is 1. The molecule has 0 spiro atoms. The second kappa shape index (κ2) is 9.27. The van der Waals surface area contributed by atoms with Gasteiger partial charge in [0.15, 0.2) is 10.8 Å². The third-order valence-corrected chi connectivity index (χ3v) is 6.91. The second-order valence-electron chi connectivity index (χ2n) is 8.57. The summed E-state index contributed by atoms with van der Waals surface area (Å²) in [7, 11) is 0. The molecular formula is C29H25N3OS. The number of benzene rings is 3. The third kappa shape index (κ3) is 4.52. The van der Waals surface area contributed by atoms with Gasteiger partial charge in [0.25, 0.3) is 5.56 Å². The number of fused-ring (bicyclic) bond motifs is 1. The van der Waals surface area contributed by atoms with Gasteiger partial charge in [-0.15, -0.1) is 0 Å². The maximum absolute atomic E-state index is 13.3. The fourth-order valence-corrected chi connectivity index (χ4v) is 4.87. The van der Waals surface area contributed by atoms with Crippen LogP contribution < -0.4 is 5.56 Å². The molecular weight excluding hydrogens is 438 g/mol. The quantitative estimate of drug-likeness (QED) is 0.228. The molecule has 34 heavy (non-hydrogen) atoms. The molecule has 2 aromatic heterocycles. The van der Waals surface area contributed by atoms with E-state index in [0.717, 1.165) is 28.1 Å². The van der Waals surface area contributed by atoms with Gasteiger partial charge in [0.1, 0.15) is 0 Å². The third-order valence-electron chi connectivity index (χ3n) is 5.99. The Morgan fingerprint density at radius 3 is 2.12 bits per heavy atom. The van der Waals surface area contributed by atoms with E-state index in [-0.39, 0.29) is 5.56 Å². The lowest BCUT2D eigenvalue weighted by molar-refractivity contribution is 0.961. The molecule has 5 aromatic rings. The zero-order chi connectivity index (χ0) is 23.7. The van der Waals surface area contributed by atoms with Crippen molar-refractivity contribution in [2.45, 2.75) is 31.7 Å². The fourth-order valence-electron chi connectivity index (χ4n) is 3.94. The molecule has 2 heterocycles. The summed E-state index contributed by atoms with van der Waals surface area (Å²) in [6.45, 7) is 6.21. The zero-order valence-electron chi connectivity index (χ0n) is 19.4. The highest BCUT2D eigenvalue weighted by Gasteiger charge is 2.15. The molecule has 0 fully saturated rings. The summed E-state index contributed by atoms with van der Waals surface area (Å²) in [5.41, 5.74) is 8.70. The highest BCUT2D eigenvalue weighted by Crippen LogP contribution is 2.31. The highest BCUT2D eigenvalue weighted by molar-refractivity contribution is 7.98. The van der Waals surface area contributed by atoms with Crippen LogP contribution in [-0.4, -0.2) is 15.0 Å². The van der Waals surface area contributed by atoms with E-state index in [9.17, 15) is 4.79 Å². The van der Waals surface area contributed by atoms with E-state index in [0.29, 0.717) is 16.2 Å². The predicted octanol–water partition coefficient (Wildman–Crippen LogP) is 6.87. The van der Waals surface area contributed by atoms with Gasteiger partial charge in [0.2, 0.25) is 0 Å². The van der Waals surface area contributed by atoms with Gasteiger partial charge in [0, 0.05) is 16.9 Å². The molecule has 0 amide bonds. The molecule has 4 nitrogen and oxygen atoms in total. The zero-order valence-corrected chi connectivity index (χ0v) is 20.2. The highest BCUT2D eigenvalue weighted by atomic mass is 32.2.